The van der Waals surface area contributed by atoms with Crippen molar-refractivity contribution >= 4 is 44.6 Å². The van der Waals surface area contributed by atoms with Crippen LogP contribution in [0.5, 0.6) is 5.75 Å². The second-order valence-corrected chi connectivity index (χ2v) is 5.68. The molecule has 5 heteroatoms. The van der Waals surface area contributed by atoms with Crippen molar-refractivity contribution in [2.75, 3.05) is 5.32 Å². The Labute approximate surface area is 124 Å². The first-order chi connectivity index (χ1) is 9.65. The molecule has 0 saturated heterocycles. The van der Waals surface area contributed by atoms with Crippen LogP contribution in [-0.2, 0) is 0 Å². The van der Waals surface area contributed by atoms with Gasteiger partial charge in [0, 0.05) is 21.8 Å². The minimum absolute atomic E-state index is 0.102. The molecule has 3 nitrogen and oxygen atoms in total. The van der Waals surface area contributed by atoms with Crippen LogP contribution in [0, 0.1) is 0 Å². The van der Waals surface area contributed by atoms with Crippen molar-refractivity contribution in [2.45, 2.75) is 0 Å². The van der Waals surface area contributed by atoms with Crippen molar-refractivity contribution in [3.05, 3.63) is 58.4 Å². The molecule has 20 heavy (non-hydrogen) atoms. The monoisotopic (exact) mass is 303 g/mol. The number of anilines is 1. The maximum Gasteiger partial charge on any atom is 0.267 e. The molecule has 0 aliphatic heterocycles. The van der Waals surface area contributed by atoms with Crippen LogP contribution in [0.3, 0.4) is 0 Å². The molecule has 0 spiro atoms. The normalized spacial score (nSPS) is 10.7. The first-order valence-corrected chi connectivity index (χ1v) is 7.12. The molecule has 0 fully saturated rings. The Morgan fingerprint density at radius 3 is 2.70 bits per heavy atom. The summed E-state index contributed by atoms with van der Waals surface area (Å²) in [5.74, 6) is -0.174. The van der Waals surface area contributed by atoms with Gasteiger partial charge in [0.2, 0.25) is 0 Å². The molecule has 0 saturated carbocycles. The molecule has 1 heterocycles. The molecule has 2 N–H and O–H groups in total. The van der Waals surface area contributed by atoms with Gasteiger partial charge >= 0.3 is 0 Å². The third-order valence-electron chi connectivity index (χ3n) is 2.85. The molecule has 100 valence electrons. The van der Waals surface area contributed by atoms with E-state index in [1.807, 2.05) is 24.3 Å². The van der Waals surface area contributed by atoms with Gasteiger partial charge in [-0.25, -0.2) is 0 Å². The summed E-state index contributed by atoms with van der Waals surface area (Å²) in [6, 6.07) is 14.0. The smallest absolute Gasteiger partial charge is 0.267 e. The lowest BCUT2D eigenvalue weighted by Crippen LogP contribution is -2.10. The third-order valence-corrected chi connectivity index (χ3v) is 4.52. The fourth-order valence-electron chi connectivity index (χ4n) is 1.93. The lowest BCUT2D eigenvalue weighted by atomic mass is 10.2. The first-order valence-electron chi connectivity index (χ1n) is 5.92. The van der Waals surface area contributed by atoms with E-state index in [0.717, 1.165) is 10.1 Å². The number of halogens is 1. The van der Waals surface area contributed by atoms with E-state index in [2.05, 4.69) is 5.32 Å². The predicted molar refractivity (Wildman–Crippen MR) is 82.9 cm³/mol. The van der Waals surface area contributed by atoms with Gasteiger partial charge in [-0.2, -0.15) is 0 Å². The Hall–Kier alpha value is -2.04. The van der Waals surface area contributed by atoms with E-state index in [-0.39, 0.29) is 11.7 Å². The quantitative estimate of drug-likeness (QED) is 0.731. The van der Waals surface area contributed by atoms with Crippen molar-refractivity contribution < 1.29 is 9.90 Å². The highest BCUT2D eigenvalue weighted by molar-refractivity contribution is 7.21. The van der Waals surface area contributed by atoms with Gasteiger partial charge < -0.3 is 10.4 Å². The highest BCUT2D eigenvalue weighted by Gasteiger charge is 2.16. The molecule has 0 atom stereocenters. The van der Waals surface area contributed by atoms with Gasteiger partial charge in [-0.15, -0.1) is 11.3 Å². The summed E-state index contributed by atoms with van der Waals surface area (Å²) in [6.07, 6.45) is 0. The molecule has 2 aromatic carbocycles. The van der Waals surface area contributed by atoms with Crippen molar-refractivity contribution in [2.24, 2.45) is 0 Å². The summed E-state index contributed by atoms with van der Waals surface area (Å²) in [6.45, 7) is 0. The number of phenols is 1. The van der Waals surface area contributed by atoms with Crippen molar-refractivity contribution in [3.8, 4) is 5.75 Å². The number of hydrogen-bond acceptors (Lipinski definition) is 3. The average molecular weight is 304 g/mol. The Morgan fingerprint density at radius 2 is 1.95 bits per heavy atom. The Kier molecular flexibility index (Phi) is 3.34. The second kappa shape index (κ2) is 5.15. The van der Waals surface area contributed by atoms with Crippen LogP contribution in [0.4, 0.5) is 5.69 Å². The molecule has 3 aromatic rings. The highest BCUT2D eigenvalue weighted by Crippen LogP contribution is 2.35. The van der Waals surface area contributed by atoms with Gasteiger partial charge in [0.1, 0.15) is 10.6 Å². The van der Waals surface area contributed by atoms with E-state index in [0.29, 0.717) is 15.6 Å². The van der Waals surface area contributed by atoms with Crippen LogP contribution in [0.15, 0.2) is 48.5 Å². The molecular formula is C15H10ClNO2S. The van der Waals surface area contributed by atoms with E-state index in [9.17, 15) is 9.90 Å². The second-order valence-electron chi connectivity index (χ2n) is 4.25. The third kappa shape index (κ3) is 2.35. The number of carbonyl (C=O) groups excluding carboxylic acids is 1. The molecule has 0 unspecified atom stereocenters. The van der Waals surface area contributed by atoms with Crippen molar-refractivity contribution in [3.63, 3.8) is 0 Å². The summed E-state index contributed by atoms with van der Waals surface area (Å²) in [5, 5.41) is 13.5. The number of hydrogen-bond donors (Lipinski definition) is 2. The van der Waals surface area contributed by atoms with Crippen LogP contribution in [-0.4, -0.2) is 11.0 Å². The fourth-order valence-corrected chi connectivity index (χ4v) is 3.34. The zero-order chi connectivity index (χ0) is 14.1. The van der Waals surface area contributed by atoms with Crippen molar-refractivity contribution in [1.29, 1.82) is 0 Å². The van der Waals surface area contributed by atoms with Gasteiger partial charge in [0.15, 0.2) is 0 Å². The Morgan fingerprint density at radius 1 is 1.15 bits per heavy atom. The topological polar surface area (TPSA) is 49.3 Å². The van der Waals surface area contributed by atoms with Crippen LogP contribution in [0.1, 0.15) is 9.67 Å². The molecule has 1 amide bonds. The lowest BCUT2D eigenvalue weighted by molar-refractivity contribution is 0.103. The number of benzene rings is 2. The van der Waals surface area contributed by atoms with Crippen LogP contribution < -0.4 is 5.32 Å². The minimum atomic E-state index is -0.276. The van der Waals surface area contributed by atoms with Gasteiger partial charge in [-0.3, -0.25) is 4.79 Å². The average Bonchev–Trinajstić information content (AvgIpc) is 2.77. The van der Waals surface area contributed by atoms with Gasteiger partial charge in [-0.1, -0.05) is 35.9 Å². The Balaban J connectivity index is 1.95. The summed E-state index contributed by atoms with van der Waals surface area (Å²) >= 11 is 7.60. The first kappa shape index (κ1) is 13.0. The summed E-state index contributed by atoms with van der Waals surface area (Å²) in [4.78, 5) is 12.7. The predicted octanol–water partition coefficient (Wildman–Crippen LogP) is 4.51. The molecule has 0 radical (unpaired) electrons. The number of fused-ring (bicyclic) bond motifs is 1. The van der Waals surface area contributed by atoms with E-state index >= 15 is 0 Å². The molecule has 1 aromatic heterocycles. The zero-order valence-corrected chi connectivity index (χ0v) is 11.8. The van der Waals surface area contributed by atoms with Crippen LogP contribution >= 0.6 is 22.9 Å². The highest BCUT2D eigenvalue weighted by atomic mass is 35.5. The lowest BCUT2D eigenvalue weighted by Gasteiger charge is -2.04. The minimum Gasteiger partial charge on any atom is -0.508 e. The number of nitrogens with one attached hydrogen (secondary N) is 1. The van der Waals surface area contributed by atoms with E-state index in [1.165, 1.54) is 17.4 Å². The van der Waals surface area contributed by atoms with Gasteiger partial charge in [-0.05, 0) is 18.2 Å². The van der Waals surface area contributed by atoms with Gasteiger partial charge in [0.05, 0.1) is 5.02 Å². The molecule has 0 bridgehead atoms. The maximum atomic E-state index is 12.2. The SMILES string of the molecule is O=C(Nc1cccc(O)c1)c1sc2ccccc2c1Cl. The number of amides is 1. The molecule has 3 rings (SSSR count). The summed E-state index contributed by atoms with van der Waals surface area (Å²) in [7, 11) is 0. The molecular weight excluding hydrogens is 294 g/mol. The van der Waals surface area contributed by atoms with E-state index in [4.69, 9.17) is 11.6 Å². The van der Waals surface area contributed by atoms with Crippen LogP contribution in [0.25, 0.3) is 10.1 Å². The zero-order valence-electron chi connectivity index (χ0n) is 10.3. The van der Waals surface area contributed by atoms with E-state index < -0.39 is 0 Å². The van der Waals surface area contributed by atoms with Gasteiger partial charge in [0.25, 0.3) is 5.91 Å². The summed E-state index contributed by atoms with van der Waals surface area (Å²) < 4.78 is 0.971. The Bertz CT molecular complexity index is 797. The van der Waals surface area contributed by atoms with Crippen LogP contribution in [0.2, 0.25) is 5.02 Å². The fraction of sp³-hybridized carbons (Fsp3) is 0. The number of phenolic OH excluding ortho intramolecular Hbond substituents is 1. The number of thiophene rings is 1. The van der Waals surface area contributed by atoms with Crippen molar-refractivity contribution in [1.82, 2.24) is 0 Å². The molecule has 0 aliphatic rings. The standard InChI is InChI=1S/C15H10ClNO2S/c16-13-11-6-1-2-7-12(11)20-14(13)15(19)17-9-4-3-5-10(18)8-9/h1-8,18H,(H,17,19). The largest absolute Gasteiger partial charge is 0.508 e. The molecule has 0 aliphatic carbocycles. The number of carbonyl (C=O) groups is 1. The maximum absolute atomic E-state index is 12.2. The number of aromatic hydroxyl groups is 1. The van der Waals surface area contributed by atoms with E-state index in [1.54, 1.807) is 18.2 Å². The summed E-state index contributed by atoms with van der Waals surface area (Å²) in [5.41, 5.74) is 0.531. The number of rotatable bonds is 2.